The number of amides is 3. The molecule has 1 fully saturated rings. The van der Waals surface area contributed by atoms with Crippen molar-refractivity contribution >= 4 is 34.2 Å². The van der Waals surface area contributed by atoms with Crippen LogP contribution in [-0.2, 0) is 14.4 Å². The quantitative estimate of drug-likeness (QED) is 0.378. The highest BCUT2D eigenvalue weighted by Crippen LogP contribution is 2.60. The summed E-state index contributed by atoms with van der Waals surface area (Å²) in [6.45, 7) is 1.97. The highest BCUT2D eigenvalue weighted by Gasteiger charge is 2.61. The number of hydrogen-bond donors (Lipinski definition) is 0. The number of imide groups is 1. The number of fused-ring (bicyclic) bond motifs is 1. The summed E-state index contributed by atoms with van der Waals surface area (Å²) in [6.07, 6.45) is 0. The topological polar surface area (TPSA) is 57.7 Å². The molecule has 1 aliphatic heterocycles. The van der Waals surface area contributed by atoms with Gasteiger partial charge >= 0.3 is 0 Å². The molecule has 0 N–H and O–H groups in total. The fourth-order valence-electron chi connectivity index (χ4n) is 7.05. The minimum absolute atomic E-state index is 0.115. The highest BCUT2D eigenvalue weighted by molar-refractivity contribution is 6.08. The van der Waals surface area contributed by atoms with Gasteiger partial charge in [0.05, 0.1) is 17.5 Å². The Kier molecular flexibility index (Phi) is 4.83. The van der Waals surface area contributed by atoms with Crippen LogP contribution in [0.1, 0.15) is 41.0 Å². The van der Waals surface area contributed by atoms with Gasteiger partial charge in [-0.2, -0.15) is 0 Å². The molecule has 2 atom stereocenters. The summed E-state index contributed by atoms with van der Waals surface area (Å²) < 4.78 is 0. The maximum absolute atomic E-state index is 13.9. The number of anilines is 1. The van der Waals surface area contributed by atoms with Crippen LogP contribution in [0.4, 0.5) is 5.69 Å². The van der Waals surface area contributed by atoms with E-state index in [1.807, 2.05) is 66.7 Å². The van der Waals surface area contributed by atoms with Crippen LogP contribution in [0.5, 0.6) is 0 Å². The molecule has 3 amide bonds. The van der Waals surface area contributed by atoms with E-state index in [-0.39, 0.29) is 42.6 Å². The number of carbonyl (C=O) groups excluding carboxylic acids is 3. The Bertz CT molecular complexity index is 1490. The average molecular weight is 487 g/mol. The summed E-state index contributed by atoms with van der Waals surface area (Å²) in [5.41, 5.74) is 5.45. The number of rotatable bonds is 4. The van der Waals surface area contributed by atoms with Gasteiger partial charge in [0.15, 0.2) is 0 Å². The Morgan fingerprint density at radius 2 is 1.19 bits per heavy atom. The average Bonchev–Trinajstić information content (AvgIpc) is 3.18. The molecule has 0 radical (unpaired) electrons. The zero-order valence-corrected chi connectivity index (χ0v) is 20.5. The molecule has 2 bridgehead atoms. The summed E-state index contributed by atoms with van der Waals surface area (Å²) in [7, 11) is 0. The normalized spacial score (nSPS) is 23.1. The monoisotopic (exact) mass is 486 g/mol. The maximum Gasteiger partial charge on any atom is 0.234 e. The van der Waals surface area contributed by atoms with E-state index < -0.39 is 11.8 Å². The van der Waals surface area contributed by atoms with Gasteiger partial charge in [-0.25, -0.2) is 0 Å². The van der Waals surface area contributed by atoms with Crippen LogP contribution in [0.2, 0.25) is 0 Å². The van der Waals surface area contributed by atoms with Crippen molar-refractivity contribution in [1.29, 1.82) is 0 Å². The van der Waals surface area contributed by atoms with Gasteiger partial charge in [0.25, 0.3) is 0 Å². The van der Waals surface area contributed by atoms with Crippen molar-refractivity contribution in [3.05, 3.63) is 113 Å². The Balaban J connectivity index is 1.24. The van der Waals surface area contributed by atoms with Crippen molar-refractivity contribution in [3.63, 3.8) is 0 Å². The predicted molar refractivity (Wildman–Crippen MR) is 142 cm³/mol. The molecule has 5 nitrogen and oxygen atoms in total. The van der Waals surface area contributed by atoms with Gasteiger partial charge in [-0.15, -0.1) is 0 Å². The Morgan fingerprint density at radius 1 is 0.703 bits per heavy atom. The molecule has 1 saturated heterocycles. The van der Waals surface area contributed by atoms with Crippen LogP contribution in [0.25, 0.3) is 10.8 Å². The maximum atomic E-state index is 13.9. The number of nitrogens with zero attached hydrogens (tertiary/aromatic N) is 2. The second kappa shape index (κ2) is 8.13. The van der Waals surface area contributed by atoms with Crippen molar-refractivity contribution in [1.82, 2.24) is 4.90 Å². The lowest BCUT2D eigenvalue weighted by atomic mass is 9.55. The molecular weight excluding hydrogens is 460 g/mol. The van der Waals surface area contributed by atoms with Gasteiger partial charge in [0.2, 0.25) is 17.7 Å². The van der Waals surface area contributed by atoms with Gasteiger partial charge < -0.3 is 4.90 Å². The molecule has 8 rings (SSSR count). The first kappa shape index (κ1) is 22.0. The smallest absolute Gasteiger partial charge is 0.234 e. The molecule has 4 aliphatic rings. The minimum atomic E-state index is -0.398. The molecule has 0 unspecified atom stereocenters. The van der Waals surface area contributed by atoms with Crippen LogP contribution in [0.15, 0.2) is 91.0 Å². The second-order valence-corrected chi connectivity index (χ2v) is 10.3. The third-order valence-corrected chi connectivity index (χ3v) is 8.52. The number of hydrogen-bond acceptors (Lipinski definition) is 3. The molecule has 0 aromatic heterocycles. The summed E-state index contributed by atoms with van der Waals surface area (Å²) in [6, 6.07) is 30.3. The molecular formula is C32H26N2O3. The molecule has 0 saturated carbocycles. The number of carbonyl (C=O) groups is 3. The molecule has 4 aromatic carbocycles. The van der Waals surface area contributed by atoms with Crippen LogP contribution >= 0.6 is 0 Å². The molecule has 3 aliphatic carbocycles. The highest BCUT2D eigenvalue weighted by atomic mass is 16.2. The van der Waals surface area contributed by atoms with E-state index in [0.29, 0.717) is 0 Å². The molecule has 182 valence electrons. The Hall–Kier alpha value is -4.25. The van der Waals surface area contributed by atoms with E-state index >= 15 is 0 Å². The van der Waals surface area contributed by atoms with Gasteiger partial charge in [0, 0.05) is 37.2 Å². The largest absolute Gasteiger partial charge is 0.310 e. The van der Waals surface area contributed by atoms with Gasteiger partial charge in [0.1, 0.15) is 0 Å². The van der Waals surface area contributed by atoms with Crippen LogP contribution < -0.4 is 4.90 Å². The lowest BCUT2D eigenvalue weighted by molar-refractivity contribution is -0.140. The summed E-state index contributed by atoms with van der Waals surface area (Å²) in [5.74, 6) is -1.38. The first-order valence-corrected chi connectivity index (χ1v) is 12.8. The third-order valence-electron chi connectivity index (χ3n) is 8.52. The van der Waals surface area contributed by atoms with E-state index in [2.05, 4.69) is 24.3 Å². The Labute approximate surface area is 215 Å². The van der Waals surface area contributed by atoms with Gasteiger partial charge in [-0.1, -0.05) is 84.9 Å². The molecule has 4 aromatic rings. The first-order valence-electron chi connectivity index (χ1n) is 12.8. The van der Waals surface area contributed by atoms with E-state index in [4.69, 9.17) is 0 Å². The van der Waals surface area contributed by atoms with E-state index in [1.165, 1.54) is 11.8 Å². The summed E-state index contributed by atoms with van der Waals surface area (Å²) >= 11 is 0. The van der Waals surface area contributed by atoms with Gasteiger partial charge in [-0.05, 0) is 33.7 Å². The zero-order valence-electron chi connectivity index (χ0n) is 20.5. The first-order chi connectivity index (χ1) is 18.1. The van der Waals surface area contributed by atoms with Crippen LogP contribution in [0.3, 0.4) is 0 Å². The molecule has 5 heteroatoms. The number of likely N-dealkylation sites (tertiary alicyclic amines) is 1. The molecule has 37 heavy (non-hydrogen) atoms. The van der Waals surface area contributed by atoms with Crippen molar-refractivity contribution in [2.45, 2.75) is 18.8 Å². The Morgan fingerprint density at radius 3 is 1.73 bits per heavy atom. The van der Waals surface area contributed by atoms with Gasteiger partial charge in [-0.3, -0.25) is 19.3 Å². The number of benzene rings is 4. The van der Waals surface area contributed by atoms with Crippen molar-refractivity contribution in [2.24, 2.45) is 11.8 Å². The van der Waals surface area contributed by atoms with E-state index in [9.17, 15) is 14.4 Å². The van der Waals surface area contributed by atoms with E-state index in [0.717, 1.165) is 38.7 Å². The fourth-order valence-corrected chi connectivity index (χ4v) is 7.05. The fraction of sp³-hybridized carbons (Fsp3) is 0.219. The van der Waals surface area contributed by atoms with Crippen LogP contribution in [0, 0.1) is 11.8 Å². The predicted octanol–water partition coefficient (Wildman–Crippen LogP) is 5.08. The van der Waals surface area contributed by atoms with E-state index in [1.54, 1.807) is 4.90 Å². The van der Waals surface area contributed by atoms with Crippen molar-refractivity contribution in [3.8, 4) is 0 Å². The standard InChI is InChI=1S/C32H26N2O3/c1-19(35)33(26-16-8-10-20-9-2-3-11-21(20)26)17-18-34-31(36)29-27-22-12-4-5-13-23(22)28(30(29)32(34)37)25-15-7-6-14-24(25)27/h2-16,27-30H,17-18H2,1H3/t27?,28?,29-,30-/m1/s1. The summed E-state index contributed by atoms with van der Waals surface area (Å²) in [5, 5.41) is 2.01. The second-order valence-electron chi connectivity index (χ2n) is 10.3. The molecule has 1 heterocycles. The lowest BCUT2D eigenvalue weighted by Gasteiger charge is -2.45. The molecule has 0 spiro atoms. The van der Waals surface area contributed by atoms with Crippen LogP contribution in [-0.4, -0.2) is 35.7 Å². The zero-order chi connectivity index (χ0) is 25.3. The lowest BCUT2D eigenvalue weighted by Crippen LogP contribution is -2.41. The minimum Gasteiger partial charge on any atom is -0.310 e. The summed E-state index contributed by atoms with van der Waals surface area (Å²) in [4.78, 5) is 43.6. The van der Waals surface area contributed by atoms with Crippen molar-refractivity contribution in [2.75, 3.05) is 18.0 Å². The van der Waals surface area contributed by atoms with Crippen molar-refractivity contribution < 1.29 is 14.4 Å². The third kappa shape index (κ3) is 3.07. The SMILES string of the molecule is CC(=O)N(CCN1C(=O)[C@@H]2C3c4ccccc4C(c4ccccc43)[C@H]2C1=O)c1cccc2ccccc12.